The van der Waals surface area contributed by atoms with Gasteiger partial charge in [-0.25, -0.2) is 0 Å². The van der Waals surface area contributed by atoms with Crippen molar-refractivity contribution in [3.05, 3.63) is 78.0 Å². The Bertz CT molecular complexity index is 718. The Kier molecular flexibility index (Phi) is 3.98. The summed E-state index contributed by atoms with van der Waals surface area (Å²) in [6, 6.07) is 20.1. The second kappa shape index (κ2) is 6.06. The third-order valence-corrected chi connectivity index (χ3v) is 4.03. The van der Waals surface area contributed by atoms with E-state index >= 15 is 0 Å². The van der Waals surface area contributed by atoms with Crippen LogP contribution < -0.4 is 0 Å². The minimum atomic E-state index is -0.545. The highest BCUT2D eigenvalue weighted by atomic mass is 16.3. The summed E-state index contributed by atoms with van der Waals surface area (Å²) in [5.74, 6) is 0.0822. The van der Waals surface area contributed by atoms with E-state index < -0.39 is 6.10 Å². The van der Waals surface area contributed by atoms with Crippen molar-refractivity contribution >= 4 is 10.9 Å². The Morgan fingerprint density at radius 2 is 1.71 bits per heavy atom. The van der Waals surface area contributed by atoms with Crippen molar-refractivity contribution in [2.24, 2.45) is 0 Å². The number of aliphatic hydroxyl groups is 1. The number of nitrogens with zero attached hydrogens (tertiary/aromatic N) is 1. The van der Waals surface area contributed by atoms with Gasteiger partial charge in [-0.2, -0.15) is 0 Å². The molecule has 0 amide bonds. The van der Waals surface area contributed by atoms with Crippen molar-refractivity contribution in [1.29, 1.82) is 0 Å². The molecule has 0 aliphatic carbocycles. The molecule has 0 radical (unpaired) electrons. The maximum absolute atomic E-state index is 10.9. The van der Waals surface area contributed by atoms with Crippen molar-refractivity contribution in [2.45, 2.75) is 25.4 Å². The van der Waals surface area contributed by atoms with E-state index in [1.165, 1.54) is 5.56 Å². The van der Waals surface area contributed by atoms with E-state index in [9.17, 15) is 5.11 Å². The first-order valence-electron chi connectivity index (χ1n) is 7.38. The highest BCUT2D eigenvalue weighted by molar-refractivity contribution is 5.82. The minimum Gasteiger partial charge on any atom is -0.388 e. The average molecular weight is 277 g/mol. The van der Waals surface area contributed by atoms with Gasteiger partial charge in [0.2, 0.25) is 0 Å². The van der Waals surface area contributed by atoms with Gasteiger partial charge in [-0.3, -0.25) is 4.98 Å². The lowest BCUT2D eigenvalue weighted by atomic mass is 9.86. The van der Waals surface area contributed by atoms with E-state index in [1.807, 2.05) is 48.5 Å². The number of rotatable bonds is 4. The lowest BCUT2D eigenvalue weighted by molar-refractivity contribution is 0.144. The summed E-state index contributed by atoms with van der Waals surface area (Å²) in [5.41, 5.74) is 2.96. The summed E-state index contributed by atoms with van der Waals surface area (Å²) < 4.78 is 0. The number of para-hydroxylation sites is 1. The van der Waals surface area contributed by atoms with Gasteiger partial charge in [0.05, 0.1) is 11.6 Å². The molecule has 3 aromatic rings. The molecular weight excluding hydrogens is 258 g/mol. The Morgan fingerprint density at radius 3 is 2.48 bits per heavy atom. The van der Waals surface area contributed by atoms with Gasteiger partial charge >= 0.3 is 0 Å². The van der Waals surface area contributed by atoms with Gasteiger partial charge < -0.3 is 5.11 Å². The zero-order valence-corrected chi connectivity index (χ0v) is 12.1. The van der Waals surface area contributed by atoms with Gasteiger partial charge in [0.25, 0.3) is 0 Å². The monoisotopic (exact) mass is 277 g/mol. The average Bonchev–Trinajstić information content (AvgIpc) is 2.56. The predicted octanol–water partition coefficient (Wildman–Crippen LogP) is 4.46. The Morgan fingerprint density at radius 1 is 0.952 bits per heavy atom. The Balaban J connectivity index is 2.05. The summed E-state index contributed by atoms with van der Waals surface area (Å²) in [7, 11) is 0. The fraction of sp³-hybridized carbons (Fsp3) is 0.211. The fourth-order valence-corrected chi connectivity index (χ4v) is 2.92. The number of aromatic nitrogens is 1. The zero-order valence-electron chi connectivity index (χ0n) is 12.1. The summed E-state index contributed by atoms with van der Waals surface area (Å²) in [6.45, 7) is 2.11. The molecule has 2 atom stereocenters. The molecule has 106 valence electrons. The maximum atomic E-state index is 10.9. The molecule has 1 heterocycles. The van der Waals surface area contributed by atoms with Gasteiger partial charge in [0, 0.05) is 23.1 Å². The number of benzene rings is 2. The Hall–Kier alpha value is -2.19. The molecular formula is C19H19NO. The van der Waals surface area contributed by atoms with Crippen LogP contribution >= 0.6 is 0 Å². The summed E-state index contributed by atoms with van der Waals surface area (Å²) in [5, 5.41) is 12.0. The molecule has 0 saturated carbocycles. The number of pyridine rings is 1. The van der Waals surface area contributed by atoms with Crippen LogP contribution in [0.1, 0.15) is 36.5 Å². The van der Waals surface area contributed by atoms with Crippen molar-refractivity contribution in [3.63, 3.8) is 0 Å². The van der Waals surface area contributed by atoms with E-state index in [0.29, 0.717) is 0 Å². The third kappa shape index (κ3) is 2.67. The Labute approximate surface area is 125 Å². The first kappa shape index (κ1) is 13.8. The van der Waals surface area contributed by atoms with Crippen LogP contribution in [0, 0.1) is 0 Å². The number of aliphatic hydroxyl groups excluding tert-OH is 1. The van der Waals surface area contributed by atoms with Crippen molar-refractivity contribution in [1.82, 2.24) is 4.98 Å². The van der Waals surface area contributed by atoms with Crippen LogP contribution in [0.3, 0.4) is 0 Å². The zero-order chi connectivity index (χ0) is 14.7. The van der Waals surface area contributed by atoms with Gasteiger partial charge in [-0.1, -0.05) is 61.5 Å². The molecule has 2 aromatic carbocycles. The molecule has 0 fully saturated rings. The van der Waals surface area contributed by atoms with Crippen molar-refractivity contribution in [2.75, 3.05) is 0 Å². The van der Waals surface area contributed by atoms with Crippen LogP contribution in [0.15, 0.2) is 66.9 Å². The summed E-state index contributed by atoms with van der Waals surface area (Å²) in [6.07, 6.45) is 2.12. The molecule has 0 spiro atoms. The number of fused-ring (bicyclic) bond motifs is 1. The lowest BCUT2D eigenvalue weighted by Gasteiger charge is -2.23. The lowest BCUT2D eigenvalue weighted by Crippen LogP contribution is -2.11. The molecule has 0 aliphatic heterocycles. The van der Waals surface area contributed by atoms with E-state index in [4.69, 9.17) is 0 Å². The van der Waals surface area contributed by atoms with E-state index in [-0.39, 0.29) is 5.92 Å². The molecule has 2 nitrogen and oxygen atoms in total. The highest BCUT2D eigenvalue weighted by Crippen LogP contribution is 2.35. The van der Waals surface area contributed by atoms with Gasteiger partial charge in [-0.15, -0.1) is 0 Å². The van der Waals surface area contributed by atoms with E-state index in [2.05, 4.69) is 24.0 Å². The number of hydrogen-bond acceptors (Lipinski definition) is 2. The van der Waals surface area contributed by atoms with Crippen LogP contribution in [0.5, 0.6) is 0 Å². The van der Waals surface area contributed by atoms with E-state index in [0.717, 1.165) is 22.9 Å². The molecule has 21 heavy (non-hydrogen) atoms. The molecule has 2 heteroatoms. The maximum Gasteiger partial charge on any atom is 0.0879 e. The van der Waals surface area contributed by atoms with E-state index in [1.54, 1.807) is 6.20 Å². The van der Waals surface area contributed by atoms with Gasteiger partial charge in [-0.05, 0) is 18.1 Å². The predicted molar refractivity (Wildman–Crippen MR) is 86.2 cm³/mol. The van der Waals surface area contributed by atoms with Gasteiger partial charge in [0.15, 0.2) is 0 Å². The molecule has 0 bridgehead atoms. The minimum absolute atomic E-state index is 0.0822. The fourth-order valence-electron chi connectivity index (χ4n) is 2.92. The van der Waals surface area contributed by atoms with Crippen molar-refractivity contribution < 1.29 is 5.11 Å². The van der Waals surface area contributed by atoms with Crippen LogP contribution in [-0.2, 0) is 0 Å². The summed E-state index contributed by atoms with van der Waals surface area (Å²) in [4.78, 5) is 4.45. The smallest absolute Gasteiger partial charge is 0.0879 e. The second-order valence-corrected chi connectivity index (χ2v) is 5.29. The SMILES string of the molecule is CCC(c1ccccc1)C(O)c1cccc2cccnc12. The summed E-state index contributed by atoms with van der Waals surface area (Å²) >= 11 is 0. The first-order chi connectivity index (χ1) is 10.3. The van der Waals surface area contributed by atoms with Crippen LogP contribution in [0.2, 0.25) is 0 Å². The normalized spacial score (nSPS) is 14.0. The molecule has 1 N–H and O–H groups in total. The number of hydrogen-bond donors (Lipinski definition) is 1. The third-order valence-electron chi connectivity index (χ3n) is 4.03. The highest BCUT2D eigenvalue weighted by Gasteiger charge is 2.22. The van der Waals surface area contributed by atoms with Crippen LogP contribution in [0.4, 0.5) is 0 Å². The molecule has 0 aliphatic rings. The largest absolute Gasteiger partial charge is 0.388 e. The molecule has 2 unspecified atom stereocenters. The quantitative estimate of drug-likeness (QED) is 0.763. The van der Waals surface area contributed by atoms with Crippen LogP contribution in [-0.4, -0.2) is 10.1 Å². The van der Waals surface area contributed by atoms with Crippen molar-refractivity contribution in [3.8, 4) is 0 Å². The second-order valence-electron chi connectivity index (χ2n) is 5.29. The molecule has 0 saturated heterocycles. The standard InChI is InChI=1S/C19H19NO/c1-2-16(14-8-4-3-5-9-14)19(21)17-12-6-10-15-11-7-13-20-18(15)17/h3-13,16,19,21H,2H2,1H3. The topological polar surface area (TPSA) is 33.1 Å². The molecule has 3 rings (SSSR count). The van der Waals surface area contributed by atoms with Gasteiger partial charge in [0.1, 0.15) is 0 Å². The first-order valence-corrected chi connectivity index (χ1v) is 7.38. The molecule has 1 aromatic heterocycles. The van der Waals surface area contributed by atoms with Crippen LogP contribution in [0.25, 0.3) is 10.9 Å².